The van der Waals surface area contributed by atoms with Crippen molar-refractivity contribution in [2.24, 2.45) is 0 Å². The minimum Gasteiger partial charge on any atom is -0.378 e. The molecule has 2 aliphatic rings. The van der Waals surface area contributed by atoms with Crippen LogP contribution in [0.3, 0.4) is 0 Å². The molecule has 0 saturated carbocycles. The van der Waals surface area contributed by atoms with Gasteiger partial charge in [0.2, 0.25) is 5.78 Å². The molecule has 196 valence electrons. The third-order valence-electron chi connectivity index (χ3n) is 5.81. The second-order valence-electron chi connectivity index (χ2n) is 7.88. The van der Waals surface area contributed by atoms with E-state index in [-0.39, 0.29) is 6.42 Å². The number of hydrogen-bond donors (Lipinski definition) is 1. The van der Waals surface area contributed by atoms with Crippen molar-refractivity contribution in [3.05, 3.63) is 79.8 Å². The maximum absolute atomic E-state index is 14.0. The van der Waals surface area contributed by atoms with Gasteiger partial charge in [0.25, 0.3) is 0 Å². The number of aliphatic hydroxyl groups is 1. The van der Waals surface area contributed by atoms with Gasteiger partial charge >= 0.3 is 23.7 Å². The van der Waals surface area contributed by atoms with Gasteiger partial charge in [-0.2, -0.15) is 35.1 Å². The van der Waals surface area contributed by atoms with Crippen LogP contribution in [-0.4, -0.2) is 22.7 Å². The Balaban J connectivity index is 0.000000205. The summed E-state index contributed by atoms with van der Waals surface area (Å²) in [5.74, 6) is -22.8. The van der Waals surface area contributed by atoms with E-state index in [1.165, 1.54) is 6.08 Å². The van der Waals surface area contributed by atoms with Gasteiger partial charge in [0, 0.05) is 16.7 Å². The zero-order chi connectivity index (χ0) is 27.6. The van der Waals surface area contributed by atoms with Gasteiger partial charge < -0.3 is 5.11 Å². The van der Waals surface area contributed by atoms with Gasteiger partial charge in [0.05, 0.1) is 14.5 Å². The van der Waals surface area contributed by atoms with Crippen LogP contribution in [0.4, 0.5) is 43.9 Å². The second kappa shape index (κ2) is 8.83. The smallest absolute Gasteiger partial charge is 0.376 e. The molecule has 14 heteroatoms. The molecule has 0 heterocycles. The molecule has 0 bridgehead atoms. The highest BCUT2D eigenvalue weighted by Gasteiger charge is 2.76. The van der Waals surface area contributed by atoms with E-state index in [2.05, 4.69) is 38.4 Å². The lowest BCUT2D eigenvalue weighted by Crippen LogP contribution is -2.48. The van der Waals surface area contributed by atoms with Crippen molar-refractivity contribution in [3.63, 3.8) is 0 Å². The normalized spacial score (nSPS) is 24.0. The second-order valence-corrected chi connectivity index (χ2v) is 9.47. The van der Waals surface area contributed by atoms with Crippen molar-refractivity contribution in [1.29, 1.82) is 0 Å². The van der Waals surface area contributed by atoms with E-state index < -0.39 is 84.3 Å². The van der Waals surface area contributed by atoms with Crippen molar-refractivity contribution in [3.8, 4) is 0 Å². The van der Waals surface area contributed by atoms with E-state index in [0.29, 0.717) is 24.3 Å². The topological polar surface area (TPSA) is 37.3 Å². The minimum atomic E-state index is -4.83. The van der Waals surface area contributed by atoms with Crippen molar-refractivity contribution >= 4 is 37.6 Å². The highest BCUT2D eigenvalue weighted by molar-refractivity contribution is 9.10. The molecule has 0 amide bonds. The van der Waals surface area contributed by atoms with Crippen molar-refractivity contribution in [1.82, 2.24) is 0 Å². The van der Waals surface area contributed by atoms with E-state index in [0.717, 1.165) is 0 Å². The van der Waals surface area contributed by atoms with Crippen LogP contribution in [0.15, 0.2) is 45.9 Å². The Labute approximate surface area is 213 Å². The summed E-state index contributed by atoms with van der Waals surface area (Å²) in [7, 11) is 0. The summed E-state index contributed by atoms with van der Waals surface area (Å²) in [6, 6.07) is 2.33. The standard InChI is InChI=1S/C13H10BrF5O.C9H2BrF5O/c1-2-3-6-11(20)9-7(4-5-8(15)10(9)14)12(16,17)13(11,18)19;10-6-4(11)2-1-3-5(6)7(16)9(14,15)8(3,12)13/h2,4-5,20H,1,3,6H2;1-2H. The van der Waals surface area contributed by atoms with Gasteiger partial charge in [-0.3, -0.25) is 4.79 Å². The number of rotatable bonds is 3. The molecule has 2 aromatic rings. The van der Waals surface area contributed by atoms with Gasteiger partial charge in [-0.25, -0.2) is 8.78 Å². The molecule has 0 aromatic heterocycles. The summed E-state index contributed by atoms with van der Waals surface area (Å²) in [6.45, 7) is 3.30. The van der Waals surface area contributed by atoms with E-state index in [1.807, 2.05) is 0 Å². The molecule has 1 atom stereocenters. The fourth-order valence-corrected chi connectivity index (χ4v) is 5.10. The number of alkyl halides is 8. The number of ketones is 1. The Morgan fingerprint density at radius 1 is 0.806 bits per heavy atom. The summed E-state index contributed by atoms with van der Waals surface area (Å²) < 4.78 is 133. The van der Waals surface area contributed by atoms with Crippen LogP contribution in [0.1, 0.15) is 39.9 Å². The highest BCUT2D eigenvalue weighted by Crippen LogP contribution is 2.63. The molecule has 2 aromatic carbocycles. The summed E-state index contributed by atoms with van der Waals surface area (Å²) >= 11 is 5.19. The first-order valence-corrected chi connectivity index (χ1v) is 11.3. The fraction of sp³-hybridized carbons (Fsp3) is 0.318. The number of hydrogen-bond acceptors (Lipinski definition) is 2. The Morgan fingerprint density at radius 3 is 1.83 bits per heavy atom. The number of halogens is 12. The fourth-order valence-electron chi connectivity index (χ4n) is 3.90. The maximum atomic E-state index is 14.0. The number of allylic oxidation sites excluding steroid dienone is 1. The van der Waals surface area contributed by atoms with Gasteiger partial charge in [0.1, 0.15) is 11.6 Å². The number of fused-ring (bicyclic) bond motifs is 2. The molecule has 0 aliphatic heterocycles. The molecular formula is C22H12Br2F10O2. The molecule has 4 rings (SSSR count). The van der Waals surface area contributed by atoms with Crippen LogP contribution >= 0.6 is 31.9 Å². The molecule has 1 unspecified atom stereocenters. The van der Waals surface area contributed by atoms with E-state index >= 15 is 0 Å². The average molecular weight is 658 g/mol. The molecule has 0 spiro atoms. The molecule has 1 N–H and O–H groups in total. The van der Waals surface area contributed by atoms with Crippen LogP contribution < -0.4 is 0 Å². The molecule has 0 fully saturated rings. The van der Waals surface area contributed by atoms with Gasteiger partial charge in [-0.1, -0.05) is 6.08 Å². The molecule has 0 radical (unpaired) electrons. The number of benzene rings is 2. The lowest BCUT2D eigenvalue weighted by Gasteiger charge is -2.32. The summed E-state index contributed by atoms with van der Waals surface area (Å²) in [5, 5.41) is 10.2. The summed E-state index contributed by atoms with van der Waals surface area (Å²) in [6.07, 6.45) is 0.413. The van der Waals surface area contributed by atoms with E-state index in [1.54, 1.807) is 0 Å². The Bertz CT molecular complexity index is 1260. The first-order valence-electron chi connectivity index (χ1n) is 9.69. The van der Waals surface area contributed by atoms with E-state index in [4.69, 9.17) is 0 Å². The average Bonchev–Trinajstić information content (AvgIpc) is 3.00. The van der Waals surface area contributed by atoms with Gasteiger partial charge in [0.15, 0.2) is 5.60 Å². The molecular weight excluding hydrogens is 646 g/mol. The third kappa shape index (κ3) is 3.65. The Hall–Kier alpha value is -1.93. The number of Topliss-reactive ketones (excluding diaryl/α,β-unsaturated/α-hetero) is 1. The molecule has 2 nitrogen and oxygen atoms in total. The lowest BCUT2D eigenvalue weighted by molar-refractivity contribution is -0.287. The van der Waals surface area contributed by atoms with Crippen LogP contribution in [0.2, 0.25) is 0 Å². The lowest BCUT2D eigenvalue weighted by atomic mass is 9.88. The van der Waals surface area contributed by atoms with Crippen molar-refractivity contribution in [2.45, 2.75) is 42.1 Å². The Morgan fingerprint density at radius 2 is 1.31 bits per heavy atom. The summed E-state index contributed by atoms with van der Waals surface area (Å²) in [4.78, 5) is 11.1. The van der Waals surface area contributed by atoms with Crippen LogP contribution in [0.25, 0.3) is 0 Å². The monoisotopic (exact) mass is 656 g/mol. The number of carbonyl (C=O) groups excluding carboxylic acids is 1. The maximum Gasteiger partial charge on any atom is 0.376 e. The molecule has 36 heavy (non-hydrogen) atoms. The predicted octanol–water partition coefficient (Wildman–Crippen LogP) is 7.99. The van der Waals surface area contributed by atoms with Gasteiger partial charge in [-0.05, 0) is 69.0 Å². The van der Waals surface area contributed by atoms with Crippen LogP contribution in [0.5, 0.6) is 0 Å². The highest BCUT2D eigenvalue weighted by atomic mass is 79.9. The van der Waals surface area contributed by atoms with Crippen molar-refractivity contribution < 1.29 is 53.8 Å². The van der Waals surface area contributed by atoms with Crippen molar-refractivity contribution in [2.75, 3.05) is 0 Å². The summed E-state index contributed by atoms with van der Waals surface area (Å²) in [5.41, 5.74) is -7.16. The largest absolute Gasteiger partial charge is 0.378 e. The first kappa shape index (κ1) is 28.6. The van der Waals surface area contributed by atoms with Gasteiger partial charge in [-0.15, -0.1) is 6.58 Å². The zero-order valence-corrected chi connectivity index (χ0v) is 20.6. The van der Waals surface area contributed by atoms with Crippen LogP contribution in [0, 0.1) is 11.6 Å². The first-order chi connectivity index (χ1) is 16.3. The third-order valence-corrected chi connectivity index (χ3v) is 7.36. The SMILES string of the molecule is C=CCCC1(O)c2c(ccc(F)c2Br)C(F)(F)C1(F)F.O=C1c2c(ccc(F)c2Br)C(F)(F)C1(F)F. The van der Waals surface area contributed by atoms with E-state index in [9.17, 15) is 53.8 Å². The number of carbonyl (C=O) groups is 1. The minimum absolute atomic E-state index is 0.120. The zero-order valence-electron chi connectivity index (χ0n) is 17.4. The Kier molecular flexibility index (Phi) is 7.02. The van der Waals surface area contributed by atoms with Crippen LogP contribution in [-0.2, 0) is 17.4 Å². The predicted molar refractivity (Wildman–Crippen MR) is 114 cm³/mol. The quantitative estimate of drug-likeness (QED) is 0.268. The molecule has 0 saturated heterocycles. The molecule has 2 aliphatic carbocycles.